The first-order valence-corrected chi connectivity index (χ1v) is 7.28. The molecule has 3 rings (SSSR count). The third kappa shape index (κ3) is 2.47. The Hall–Kier alpha value is -1.69. The Bertz CT molecular complexity index is 695. The lowest BCUT2D eigenvalue weighted by Crippen LogP contribution is -2.17. The summed E-state index contributed by atoms with van der Waals surface area (Å²) in [7, 11) is 1.91. The molecule has 4 nitrogen and oxygen atoms in total. The number of halogens is 1. The molecular formula is C14H12ClN3OS. The van der Waals surface area contributed by atoms with E-state index in [-0.39, 0.29) is 6.04 Å². The van der Waals surface area contributed by atoms with E-state index in [1.165, 1.54) is 11.3 Å². The molecule has 3 aromatic rings. The first-order valence-electron chi connectivity index (χ1n) is 6.08. The van der Waals surface area contributed by atoms with E-state index in [1.54, 1.807) is 12.3 Å². The second kappa shape index (κ2) is 5.75. The smallest absolute Gasteiger partial charge is 0.203 e. The van der Waals surface area contributed by atoms with Crippen LogP contribution in [0.2, 0.25) is 5.22 Å². The molecule has 0 aliphatic heterocycles. The van der Waals surface area contributed by atoms with E-state index in [0.717, 1.165) is 21.1 Å². The van der Waals surface area contributed by atoms with Gasteiger partial charge in [0.1, 0.15) is 5.01 Å². The summed E-state index contributed by atoms with van der Waals surface area (Å²) in [6.45, 7) is 0. The summed E-state index contributed by atoms with van der Waals surface area (Å²) in [5.74, 6) is 0. The number of aromatic nitrogens is 2. The molecule has 0 saturated heterocycles. The van der Waals surface area contributed by atoms with E-state index in [9.17, 15) is 0 Å². The van der Waals surface area contributed by atoms with Crippen molar-refractivity contribution in [2.45, 2.75) is 6.04 Å². The van der Waals surface area contributed by atoms with E-state index in [1.807, 2.05) is 25.2 Å². The fourth-order valence-corrected chi connectivity index (χ4v) is 3.25. The van der Waals surface area contributed by atoms with E-state index < -0.39 is 0 Å². The maximum Gasteiger partial charge on any atom is 0.203 e. The average Bonchev–Trinajstić information content (AvgIpc) is 3.10. The highest BCUT2D eigenvalue weighted by Gasteiger charge is 2.19. The Kier molecular flexibility index (Phi) is 3.82. The largest absolute Gasteiger partial charge is 0.452 e. The molecule has 20 heavy (non-hydrogen) atoms. The van der Waals surface area contributed by atoms with Gasteiger partial charge < -0.3 is 9.73 Å². The molecule has 0 aliphatic carbocycles. The van der Waals surface area contributed by atoms with Crippen LogP contribution in [-0.2, 0) is 0 Å². The Morgan fingerprint density at radius 1 is 1.20 bits per heavy atom. The standard InChI is InChI=1S/C14H12ClN3OS/c1-16-11(9-5-3-2-4-6-9)14-18-17-13(20-14)10-7-8-19-12(10)15/h2-8,11,16H,1H3. The van der Waals surface area contributed by atoms with Crippen LogP contribution in [0.25, 0.3) is 10.6 Å². The SMILES string of the molecule is CNC(c1ccccc1)c1nnc(-c2ccoc2Cl)s1. The van der Waals surface area contributed by atoms with Gasteiger partial charge >= 0.3 is 0 Å². The molecule has 0 fully saturated rings. The zero-order valence-electron chi connectivity index (χ0n) is 10.7. The lowest BCUT2D eigenvalue weighted by Gasteiger charge is -2.12. The van der Waals surface area contributed by atoms with E-state index in [4.69, 9.17) is 16.0 Å². The minimum Gasteiger partial charge on any atom is -0.452 e. The lowest BCUT2D eigenvalue weighted by molar-refractivity contribution is 0.570. The molecule has 0 bridgehead atoms. The second-order valence-corrected chi connectivity index (χ2v) is 5.54. The van der Waals surface area contributed by atoms with E-state index >= 15 is 0 Å². The van der Waals surface area contributed by atoms with Crippen molar-refractivity contribution in [2.75, 3.05) is 7.05 Å². The number of nitrogens with one attached hydrogen (secondary N) is 1. The molecule has 0 aliphatic rings. The molecule has 2 heterocycles. The normalized spacial score (nSPS) is 12.5. The average molecular weight is 306 g/mol. The molecular weight excluding hydrogens is 294 g/mol. The van der Waals surface area contributed by atoms with Crippen molar-refractivity contribution in [1.29, 1.82) is 0 Å². The summed E-state index contributed by atoms with van der Waals surface area (Å²) in [6.07, 6.45) is 1.55. The van der Waals surface area contributed by atoms with Crippen molar-refractivity contribution < 1.29 is 4.42 Å². The first-order chi connectivity index (χ1) is 9.79. The summed E-state index contributed by atoms with van der Waals surface area (Å²) in [5.41, 5.74) is 1.93. The van der Waals surface area contributed by atoms with Gasteiger partial charge in [0.25, 0.3) is 0 Å². The van der Waals surface area contributed by atoms with Gasteiger partial charge in [-0.15, -0.1) is 10.2 Å². The molecule has 6 heteroatoms. The fourth-order valence-electron chi connectivity index (χ4n) is 1.98. The van der Waals surface area contributed by atoms with Crippen LogP contribution >= 0.6 is 22.9 Å². The number of nitrogens with zero attached hydrogens (tertiary/aromatic N) is 2. The molecule has 0 radical (unpaired) electrons. The molecule has 2 aromatic heterocycles. The van der Waals surface area contributed by atoms with Gasteiger partial charge in [-0.25, -0.2) is 0 Å². The quantitative estimate of drug-likeness (QED) is 0.797. The third-order valence-electron chi connectivity index (χ3n) is 2.96. The van der Waals surface area contributed by atoms with Crippen LogP contribution in [0.15, 0.2) is 47.1 Å². The predicted molar refractivity (Wildman–Crippen MR) is 80.0 cm³/mol. The highest BCUT2D eigenvalue weighted by molar-refractivity contribution is 7.14. The maximum atomic E-state index is 5.97. The van der Waals surface area contributed by atoms with Crippen LogP contribution in [0, 0.1) is 0 Å². The van der Waals surface area contributed by atoms with E-state index in [0.29, 0.717) is 5.22 Å². The number of benzene rings is 1. The van der Waals surface area contributed by atoms with Crippen molar-refractivity contribution in [3.8, 4) is 10.6 Å². The van der Waals surface area contributed by atoms with Gasteiger partial charge in [-0.05, 0) is 30.3 Å². The van der Waals surface area contributed by atoms with Crippen molar-refractivity contribution in [1.82, 2.24) is 15.5 Å². The highest BCUT2D eigenvalue weighted by Crippen LogP contribution is 2.34. The molecule has 102 valence electrons. The summed E-state index contributed by atoms with van der Waals surface area (Å²) >= 11 is 7.47. The van der Waals surface area contributed by atoms with Crippen molar-refractivity contribution in [3.63, 3.8) is 0 Å². The highest BCUT2D eigenvalue weighted by atomic mass is 35.5. The van der Waals surface area contributed by atoms with Crippen LogP contribution in [-0.4, -0.2) is 17.2 Å². The minimum atomic E-state index is 0.0214. The Balaban J connectivity index is 1.95. The third-order valence-corrected chi connectivity index (χ3v) is 4.27. The van der Waals surface area contributed by atoms with Crippen molar-refractivity contribution >= 4 is 22.9 Å². The molecule has 1 atom stereocenters. The van der Waals surface area contributed by atoms with Gasteiger partial charge in [0.2, 0.25) is 5.22 Å². The van der Waals surface area contributed by atoms with Crippen LogP contribution in [0.4, 0.5) is 0 Å². The van der Waals surface area contributed by atoms with Crippen molar-refractivity contribution in [2.24, 2.45) is 0 Å². The Morgan fingerprint density at radius 3 is 2.65 bits per heavy atom. The van der Waals surface area contributed by atoms with Gasteiger partial charge in [0, 0.05) is 0 Å². The maximum absolute atomic E-state index is 5.97. The molecule has 1 aromatic carbocycles. The molecule has 0 spiro atoms. The van der Waals surface area contributed by atoms with Crippen LogP contribution in [0.1, 0.15) is 16.6 Å². The van der Waals surface area contributed by atoms with Crippen molar-refractivity contribution in [3.05, 3.63) is 58.5 Å². The Labute approximate surface area is 125 Å². The van der Waals surface area contributed by atoms with Crippen LogP contribution < -0.4 is 5.32 Å². The van der Waals surface area contributed by atoms with Gasteiger partial charge in [0.15, 0.2) is 5.01 Å². The van der Waals surface area contributed by atoms with Crippen LogP contribution in [0.5, 0.6) is 0 Å². The monoisotopic (exact) mass is 305 g/mol. The summed E-state index contributed by atoms with van der Waals surface area (Å²) in [5, 5.41) is 13.7. The van der Waals surface area contributed by atoms with Gasteiger partial charge in [-0.1, -0.05) is 41.7 Å². The zero-order chi connectivity index (χ0) is 13.9. The second-order valence-electron chi connectivity index (χ2n) is 4.19. The number of furan rings is 1. The molecule has 0 saturated carbocycles. The molecule has 1 N–H and O–H groups in total. The van der Waals surface area contributed by atoms with Gasteiger partial charge in [0.05, 0.1) is 17.9 Å². The van der Waals surface area contributed by atoms with Gasteiger partial charge in [-0.2, -0.15) is 0 Å². The summed E-state index contributed by atoms with van der Waals surface area (Å²) < 4.78 is 5.09. The summed E-state index contributed by atoms with van der Waals surface area (Å²) in [6, 6.07) is 12.0. The number of hydrogen-bond donors (Lipinski definition) is 1. The minimum absolute atomic E-state index is 0.0214. The van der Waals surface area contributed by atoms with Gasteiger partial charge in [-0.3, -0.25) is 0 Å². The van der Waals surface area contributed by atoms with Crippen LogP contribution in [0.3, 0.4) is 0 Å². The predicted octanol–water partition coefficient (Wildman–Crippen LogP) is 3.76. The Morgan fingerprint density at radius 2 is 2.00 bits per heavy atom. The lowest BCUT2D eigenvalue weighted by atomic mass is 10.1. The molecule has 0 amide bonds. The fraction of sp³-hybridized carbons (Fsp3) is 0.143. The number of hydrogen-bond acceptors (Lipinski definition) is 5. The zero-order valence-corrected chi connectivity index (χ0v) is 12.3. The molecule has 1 unspecified atom stereocenters. The van der Waals surface area contributed by atoms with E-state index in [2.05, 4.69) is 27.6 Å². The first kappa shape index (κ1) is 13.3. The summed E-state index contributed by atoms with van der Waals surface area (Å²) in [4.78, 5) is 0. The number of rotatable bonds is 4. The topological polar surface area (TPSA) is 51.0 Å².